The van der Waals surface area contributed by atoms with Gasteiger partial charge in [0, 0.05) is 25.2 Å². The van der Waals surface area contributed by atoms with Gasteiger partial charge in [-0.1, -0.05) is 24.6 Å². The molecule has 1 aromatic carbocycles. The van der Waals surface area contributed by atoms with Crippen LogP contribution in [-0.4, -0.2) is 31.1 Å². The van der Waals surface area contributed by atoms with E-state index in [1.54, 1.807) is 0 Å². The van der Waals surface area contributed by atoms with E-state index in [-0.39, 0.29) is 0 Å². The Kier molecular flexibility index (Phi) is 5.67. The lowest BCUT2D eigenvalue weighted by Gasteiger charge is -2.25. The normalized spacial score (nSPS) is 16.8. The van der Waals surface area contributed by atoms with Crippen molar-refractivity contribution in [3.63, 3.8) is 0 Å². The molecule has 0 saturated heterocycles. The van der Waals surface area contributed by atoms with Crippen molar-refractivity contribution >= 4 is 0 Å². The number of rotatable bonds is 6. The topological polar surface area (TPSA) is 38.5 Å². The molecule has 0 radical (unpaired) electrons. The molecule has 19 heavy (non-hydrogen) atoms. The largest absolute Gasteiger partial charge is 0.490 e. The number of likely N-dealkylation sites (N-methyl/N-ethyl adjacent to an activating group) is 1. The average molecular weight is 262 g/mol. The van der Waals surface area contributed by atoms with Crippen LogP contribution in [0.15, 0.2) is 24.3 Å². The maximum absolute atomic E-state index is 6.21. The minimum Gasteiger partial charge on any atom is -0.490 e. The lowest BCUT2D eigenvalue weighted by atomic mass is 9.97. The van der Waals surface area contributed by atoms with Gasteiger partial charge in [-0.25, -0.2) is 0 Å². The second-order valence-electron chi connectivity index (χ2n) is 5.51. The molecule has 0 aromatic heterocycles. The minimum absolute atomic E-state index is 0.412. The van der Waals surface area contributed by atoms with E-state index >= 15 is 0 Å². The van der Waals surface area contributed by atoms with Crippen LogP contribution in [0.5, 0.6) is 5.75 Å². The van der Waals surface area contributed by atoms with Crippen LogP contribution in [0.2, 0.25) is 0 Å². The van der Waals surface area contributed by atoms with E-state index in [0.717, 1.165) is 18.8 Å². The highest BCUT2D eigenvalue weighted by atomic mass is 16.5. The fourth-order valence-electron chi connectivity index (χ4n) is 2.70. The van der Waals surface area contributed by atoms with Crippen molar-refractivity contribution in [3.8, 4) is 5.75 Å². The molecule has 1 saturated carbocycles. The van der Waals surface area contributed by atoms with Crippen LogP contribution in [0.3, 0.4) is 0 Å². The molecule has 2 rings (SSSR count). The van der Waals surface area contributed by atoms with Gasteiger partial charge in [0.1, 0.15) is 5.75 Å². The van der Waals surface area contributed by atoms with Crippen molar-refractivity contribution in [1.29, 1.82) is 0 Å². The Morgan fingerprint density at radius 3 is 2.68 bits per heavy atom. The zero-order valence-electron chi connectivity index (χ0n) is 12.0. The van der Waals surface area contributed by atoms with E-state index in [2.05, 4.69) is 36.2 Å². The van der Waals surface area contributed by atoms with Gasteiger partial charge in [0.25, 0.3) is 0 Å². The SMILES string of the molecule is CN(CCN)Cc1ccccc1OC1CCCCC1. The van der Waals surface area contributed by atoms with Crippen LogP contribution in [0, 0.1) is 0 Å². The lowest BCUT2D eigenvalue weighted by molar-refractivity contribution is 0.152. The van der Waals surface area contributed by atoms with Gasteiger partial charge in [-0.3, -0.25) is 0 Å². The molecule has 2 N–H and O–H groups in total. The highest BCUT2D eigenvalue weighted by Gasteiger charge is 2.16. The zero-order valence-corrected chi connectivity index (χ0v) is 12.0. The Morgan fingerprint density at radius 1 is 1.21 bits per heavy atom. The van der Waals surface area contributed by atoms with Crippen molar-refractivity contribution in [2.75, 3.05) is 20.1 Å². The van der Waals surface area contributed by atoms with E-state index < -0.39 is 0 Å². The first-order valence-corrected chi connectivity index (χ1v) is 7.43. The molecule has 0 bridgehead atoms. The Labute approximate surface area is 116 Å². The molecule has 3 nitrogen and oxygen atoms in total. The number of nitrogens with zero attached hydrogens (tertiary/aromatic N) is 1. The molecule has 1 aliphatic carbocycles. The van der Waals surface area contributed by atoms with Crippen molar-refractivity contribution in [3.05, 3.63) is 29.8 Å². The summed E-state index contributed by atoms with van der Waals surface area (Å²) < 4.78 is 6.21. The second-order valence-corrected chi connectivity index (χ2v) is 5.51. The lowest BCUT2D eigenvalue weighted by Crippen LogP contribution is -2.26. The Morgan fingerprint density at radius 2 is 1.95 bits per heavy atom. The number of hydrogen-bond acceptors (Lipinski definition) is 3. The summed E-state index contributed by atoms with van der Waals surface area (Å²) >= 11 is 0. The van der Waals surface area contributed by atoms with Gasteiger partial charge < -0.3 is 15.4 Å². The number of benzene rings is 1. The number of nitrogens with two attached hydrogens (primary N) is 1. The van der Waals surface area contributed by atoms with Crippen LogP contribution < -0.4 is 10.5 Å². The molecule has 0 atom stereocenters. The van der Waals surface area contributed by atoms with Gasteiger partial charge in [0.2, 0.25) is 0 Å². The average Bonchev–Trinajstić information content (AvgIpc) is 2.42. The molecule has 1 aromatic rings. The molecule has 3 heteroatoms. The fourth-order valence-corrected chi connectivity index (χ4v) is 2.70. The third-order valence-corrected chi connectivity index (χ3v) is 3.77. The van der Waals surface area contributed by atoms with E-state index in [4.69, 9.17) is 10.5 Å². The van der Waals surface area contributed by atoms with Crippen LogP contribution in [0.25, 0.3) is 0 Å². The van der Waals surface area contributed by atoms with Crippen LogP contribution in [-0.2, 0) is 6.54 Å². The van der Waals surface area contributed by atoms with E-state index in [9.17, 15) is 0 Å². The third kappa shape index (κ3) is 4.51. The monoisotopic (exact) mass is 262 g/mol. The van der Waals surface area contributed by atoms with Crippen LogP contribution >= 0.6 is 0 Å². The first-order chi connectivity index (χ1) is 9.29. The van der Waals surface area contributed by atoms with Gasteiger partial charge in [-0.15, -0.1) is 0 Å². The first kappa shape index (κ1) is 14.4. The summed E-state index contributed by atoms with van der Waals surface area (Å²) in [6.45, 7) is 2.51. The van der Waals surface area contributed by atoms with Gasteiger partial charge in [0.05, 0.1) is 6.10 Å². The molecule has 0 unspecified atom stereocenters. The van der Waals surface area contributed by atoms with Crippen molar-refractivity contribution < 1.29 is 4.74 Å². The number of ether oxygens (including phenoxy) is 1. The standard InChI is InChI=1S/C16H26N2O/c1-18(12-11-17)13-14-7-5-6-10-16(14)19-15-8-3-2-4-9-15/h5-7,10,15H,2-4,8-9,11-13,17H2,1H3. The summed E-state index contributed by atoms with van der Waals surface area (Å²) in [5.74, 6) is 1.05. The zero-order chi connectivity index (χ0) is 13.5. The molecule has 0 spiro atoms. The van der Waals surface area contributed by atoms with Crippen LogP contribution in [0.1, 0.15) is 37.7 Å². The van der Waals surface area contributed by atoms with Crippen molar-refractivity contribution in [2.45, 2.75) is 44.8 Å². The molecular weight excluding hydrogens is 236 g/mol. The van der Waals surface area contributed by atoms with E-state index in [1.807, 2.05) is 0 Å². The molecule has 0 heterocycles. The highest BCUT2D eigenvalue weighted by Crippen LogP contribution is 2.26. The third-order valence-electron chi connectivity index (χ3n) is 3.77. The van der Waals surface area contributed by atoms with E-state index in [1.165, 1.54) is 37.7 Å². The Bertz CT molecular complexity index is 375. The van der Waals surface area contributed by atoms with Crippen molar-refractivity contribution in [2.24, 2.45) is 5.73 Å². The molecule has 1 aliphatic rings. The quantitative estimate of drug-likeness (QED) is 0.856. The fraction of sp³-hybridized carbons (Fsp3) is 0.625. The van der Waals surface area contributed by atoms with E-state index in [0.29, 0.717) is 12.6 Å². The Hall–Kier alpha value is -1.06. The summed E-state index contributed by atoms with van der Waals surface area (Å²) in [5, 5.41) is 0. The Balaban J connectivity index is 1.98. The first-order valence-electron chi connectivity index (χ1n) is 7.43. The maximum atomic E-state index is 6.21. The molecule has 0 amide bonds. The summed E-state index contributed by atoms with van der Waals surface area (Å²) in [6.07, 6.45) is 6.79. The highest BCUT2D eigenvalue weighted by molar-refractivity contribution is 5.33. The molecular formula is C16H26N2O. The minimum atomic E-state index is 0.412. The van der Waals surface area contributed by atoms with Gasteiger partial charge in [-0.2, -0.15) is 0 Å². The van der Waals surface area contributed by atoms with Gasteiger partial charge in [0.15, 0.2) is 0 Å². The summed E-state index contributed by atoms with van der Waals surface area (Å²) in [6, 6.07) is 8.40. The second kappa shape index (κ2) is 7.51. The van der Waals surface area contributed by atoms with Gasteiger partial charge in [-0.05, 0) is 38.8 Å². The van der Waals surface area contributed by atoms with Crippen LogP contribution in [0.4, 0.5) is 0 Å². The maximum Gasteiger partial charge on any atom is 0.124 e. The predicted octanol–water partition coefficient (Wildman–Crippen LogP) is 2.79. The smallest absolute Gasteiger partial charge is 0.124 e. The predicted molar refractivity (Wildman–Crippen MR) is 79.3 cm³/mol. The number of hydrogen-bond donors (Lipinski definition) is 1. The molecule has 106 valence electrons. The summed E-state index contributed by atoms with van der Waals surface area (Å²) in [4.78, 5) is 2.24. The summed E-state index contributed by atoms with van der Waals surface area (Å²) in [5.41, 5.74) is 6.87. The molecule has 1 fully saturated rings. The van der Waals surface area contributed by atoms with Crippen molar-refractivity contribution in [1.82, 2.24) is 4.90 Å². The number of para-hydroxylation sites is 1. The van der Waals surface area contributed by atoms with Gasteiger partial charge >= 0.3 is 0 Å². The summed E-state index contributed by atoms with van der Waals surface area (Å²) in [7, 11) is 2.10. The molecule has 0 aliphatic heterocycles.